The third-order valence-electron chi connectivity index (χ3n) is 5.42. The van der Waals surface area contributed by atoms with E-state index in [-0.39, 0.29) is 17.9 Å². The molecule has 0 radical (unpaired) electrons. The minimum Gasteiger partial charge on any atom is -0.369 e. The molecule has 0 bridgehead atoms. The molecule has 3 N–H and O–H groups in total. The highest BCUT2D eigenvalue weighted by Gasteiger charge is 2.25. The average molecular weight is 375 g/mol. The number of nitrogens with one attached hydrogen (secondary N) is 1. The highest BCUT2D eigenvalue weighted by Crippen LogP contribution is 2.28. The Morgan fingerprint density at radius 3 is 2.46 bits per heavy atom. The lowest BCUT2D eigenvalue weighted by molar-refractivity contribution is -0.122. The van der Waals surface area contributed by atoms with Crippen LogP contribution in [0.5, 0.6) is 0 Å². The van der Waals surface area contributed by atoms with Crippen molar-refractivity contribution in [1.82, 2.24) is 9.97 Å². The van der Waals surface area contributed by atoms with Gasteiger partial charge in [-0.1, -0.05) is 42.5 Å². The first kappa shape index (κ1) is 18.2. The summed E-state index contributed by atoms with van der Waals surface area (Å²) in [5.41, 5.74) is 7.57. The molecule has 3 aromatic rings. The lowest BCUT2D eigenvalue weighted by atomic mass is 9.96. The molecule has 1 amide bonds. The Morgan fingerprint density at radius 2 is 1.75 bits per heavy atom. The molecule has 144 valence electrons. The zero-order valence-corrected chi connectivity index (χ0v) is 16.0. The maximum atomic E-state index is 11.4. The maximum Gasteiger partial charge on any atom is 0.227 e. The van der Waals surface area contributed by atoms with Gasteiger partial charge in [0.1, 0.15) is 5.82 Å². The highest BCUT2D eigenvalue weighted by atomic mass is 16.1. The van der Waals surface area contributed by atoms with E-state index >= 15 is 0 Å². The molecule has 1 unspecified atom stereocenters. The molecule has 1 aliphatic heterocycles. The molecule has 0 spiro atoms. The van der Waals surface area contributed by atoms with Crippen LogP contribution in [0, 0.1) is 5.92 Å². The van der Waals surface area contributed by atoms with Gasteiger partial charge in [-0.05, 0) is 37.5 Å². The first-order valence-electron chi connectivity index (χ1n) is 9.74. The Balaban J connectivity index is 1.63. The SMILES string of the molecule is CC(Nc1nc(N2CCC(C(N)=O)CC2)nc2ccccc12)c1ccccc1. The van der Waals surface area contributed by atoms with Crippen molar-refractivity contribution < 1.29 is 4.79 Å². The Labute approximate surface area is 164 Å². The number of nitrogens with two attached hydrogens (primary N) is 1. The summed E-state index contributed by atoms with van der Waals surface area (Å²) in [7, 11) is 0. The van der Waals surface area contributed by atoms with Gasteiger partial charge in [0.05, 0.1) is 5.52 Å². The van der Waals surface area contributed by atoms with E-state index < -0.39 is 0 Å². The number of para-hydroxylation sites is 1. The van der Waals surface area contributed by atoms with Crippen molar-refractivity contribution in [1.29, 1.82) is 0 Å². The van der Waals surface area contributed by atoms with Crippen LogP contribution in [0.2, 0.25) is 0 Å². The maximum absolute atomic E-state index is 11.4. The highest BCUT2D eigenvalue weighted by molar-refractivity contribution is 5.90. The van der Waals surface area contributed by atoms with Gasteiger partial charge in [0.25, 0.3) is 0 Å². The summed E-state index contributed by atoms with van der Waals surface area (Å²) in [5, 5.41) is 4.56. The molecule has 2 heterocycles. The van der Waals surface area contributed by atoms with Crippen LogP contribution < -0.4 is 16.0 Å². The van der Waals surface area contributed by atoms with Crippen molar-refractivity contribution in [3.63, 3.8) is 0 Å². The third kappa shape index (κ3) is 3.76. The number of piperidine rings is 1. The van der Waals surface area contributed by atoms with E-state index in [1.54, 1.807) is 0 Å². The molecule has 1 aliphatic rings. The molecule has 0 aliphatic carbocycles. The van der Waals surface area contributed by atoms with Crippen LogP contribution >= 0.6 is 0 Å². The number of aromatic nitrogens is 2. The number of carbonyl (C=O) groups excluding carboxylic acids is 1. The van der Waals surface area contributed by atoms with Crippen molar-refractivity contribution in [2.24, 2.45) is 11.7 Å². The second-order valence-electron chi connectivity index (χ2n) is 7.33. The van der Waals surface area contributed by atoms with Gasteiger partial charge in [0.15, 0.2) is 0 Å². The molecular weight excluding hydrogens is 350 g/mol. The van der Waals surface area contributed by atoms with Crippen LogP contribution in [-0.4, -0.2) is 29.0 Å². The van der Waals surface area contributed by atoms with Crippen LogP contribution in [0.25, 0.3) is 10.9 Å². The fraction of sp³-hybridized carbons (Fsp3) is 0.318. The van der Waals surface area contributed by atoms with Gasteiger partial charge in [-0.15, -0.1) is 0 Å². The summed E-state index contributed by atoms with van der Waals surface area (Å²) in [6.07, 6.45) is 1.49. The van der Waals surface area contributed by atoms with E-state index in [1.807, 2.05) is 42.5 Å². The molecule has 1 atom stereocenters. The molecule has 1 fully saturated rings. The normalized spacial score (nSPS) is 16.1. The number of hydrogen-bond acceptors (Lipinski definition) is 5. The van der Waals surface area contributed by atoms with Crippen LogP contribution in [0.1, 0.15) is 31.4 Å². The predicted octanol–water partition coefficient (Wildman–Crippen LogP) is 3.50. The van der Waals surface area contributed by atoms with E-state index in [2.05, 4.69) is 29.3 Å². The van der Waals surface area contributed by atoms with E-state index in [0.717, 1.165) is 42.7 Å². The van der Waals surface area contributed by atoms with Crippen LogP contribution in [0.15, 0.2) is 54.6 Å². The van der Waals surface area contributed by atoms with E-state index in [4.69, 9.17) is 15.7 Å². The Hall–Kier alpha value is -3.15. The molecule has 6 nitrogen and oxygen atoms in total. The Morgan fingerprint density at radius 1 is 1.07 bits per heavy atom. The largest absolute Gasteiger partial charge is 0.369 e. The number of rotatable bonds is 5. The molecule has 0 saturated carbocycles. The van der Waals surface area contributed by atoms with E-state index in [9.17, 15) is 4.79 Å². The zero-order chi connectivity index (χ0) is 19.5. The van der Waals surface area contributed by atoms with Gasteiger partial charge >= 0.3 is 0 Å². The average Bonchev–Trinajstić information content (AvgIpc) is 2.74. The first-order chi connectivity index (χ1) is 13.6. The van der Waals surface area contributed by atoms with Crippen molar-refractivity contribution in [3.05, 3.63) is 60.2 Å². The second kappa shape index (κ2) is 7.84. The van der Waals surface area contributed by atoms with Crippen LogP contribution in [-0.2, 0) is 4.79 Å². The number of anilines is 2. The number of benzene rings is 2. The Bertz CT molecular complexity index is 967. The van der Waals surface area contributed by atoms with Gasteiger partial charge in [0.2, 0.25) is 11.9 Å². The fourth-order valence-electron chi connectivity index (χ4n) is 3.71. The molecule has 28 heavy (non-hydrogen) atoms. The lowest BCUT2D eigenvalue weighted by Gasteiger charge is -2.31. The first-order valence-corrected chi connectivity index (χ1v) is 9.74. The summed E-state index contributed by atoms with van der Waals surface area (Å²) < 4.78 is 0. The number of carbonyl (C=O) groups is 1. The third-order valence-corrected chi connectivity index (χ3v) is 5.42. The van der Waals surface area contributed by atoms with E-state index in [0.29, 0.717) is 5.95 Å². The van der Waals surface area contributed by atoms with Crippen molar-refractivity contribution in [2.75, 3.05) is 23.3 Å². The van der Waals surface area contributed by atoms with Gasteiger partial charge in [-0.2, -0.15) is 4.98 Å². The summed E-state index contributed by atoms with van der Waals surface area (Å²) in [4.78, 5) is 23.2. The number of nitrogens with zero attached hydrogens (tertiary/aromatic N) is 3. The molecule has 4 rings (SSSR count). The van der Waals surface area contributed by atoms with Crippen molar-refractivity contribution in [3.8, 4) is 0 Å². The van der Waals surface area contributed by atoms with E-state index in [1.165, 1.54) is 5.56 Å². The fourth-order valence-corrected chi connectivity index (χ4v) is 3.71. The smallest absolute Gasteiger partial charge is 0.227 e. The summed E-state index contributed by atoms with van der Waals surface area (Å²) in [6.45, 7) is 3.60. The van der Waals surface area contributed by atoms with Crippen molar-refractivity contribution >= 4 is 28.6 Å². The second-order valence-corrected chi connectivity index (χ2v) is 7.33. The summed E-state index contributed by atoms with van der Waals surface area (Å²) >= 11 is 0. The van der Waals surface area contributed by atoms with Crippen LogP contribution in [0.3, 0.4) is 0 Å². The standard InChI is InChI=1S/C22H25N5O/c1-15(16-7-3-2-4-8-16)24-21-18-9-5-6-10-19(18)25-22(26-21)27-13-11-17(12-14-27)20(23)28/h2-10,15,17H,11-14H2,1H3,(H2,23,28)(H,24,25,26). The van der Waals surface area contributed by atoms with Gasteiger partial charge in [-0.3, -0.25) is 4.79 Å². The molecule has 2 aromatic carbocycles. The van der Waals surface area contributed by atoms with Gasteiger partial charge < -0.3 is 16.0 Å². The minimum absolute atomic E-state index is 0.0487. The number of amides is 1. The predicted molar refractivity (Wildman–Crippen MR) is 112 cm³/mol. The molecule has 1 aromatic heterocycles. The molecule has 6 heteroatoms. The number of fused-ring (bicyclic) bond motifs is 1. The Kier molecular flexibility index (Phi) is 5.10. The minimum atomic E-state index is -0.210. The van der Waals surface area contributed by atoms with Gasteiger partial charge in [-0.25, -0.2) is 4.98 Å². The van der Waals surface area contributed by atoms with Crippen molar-refractivity contribution in [2.45, 2.75) is 25.8 Å². The molecular formula is C22H25N5O. The summed E-state index contributed by atoms with van der Waals surface area (Å²) in [5.74, 6) is 1.27. The number of primary amides is 1. The number of hydrogen-bond donors (Lipinski definition) is 2. The lowest BCUT2D eigenvalue weighted by Crippen LogP contribution is -2.39. The van der Waals surface area contributed by atoms with Crippen LogP contribution in [0.4, 0.5) is 11.8 Å². The summed E-state index contributed by atoms with van der Waals surface area (Å²) in [6, 6.07) is 18.5. The van der Waals surface area contributed by atoms with Gasteiger partial charge in [0, 0.05) is 30.4 Å². The zero-order valence-electron chi connectivity index (χ0n) is 16.0. The molecule has 1 saturated heterocycles. The topological polar surface area (TPSA) is 84.1 Å². The monoisotopic (exact) mass is 375 g/mol. The quantitative estimate of drug-likeness (QED) is 0.713.